The Kier molecular flexibility index (Phi) is 3.39. The zero-order valence-corrected chi connectivity index (χ0v) is 11.7. The Morgan fingerprint density at radius 3 is 2.74 bits per heavy atom. The van der Waals surface area contributed by atoms with Crippen LogP contribution in [0.2, 0.25) is 0 Å². The summed E-state index contributed by atoms with van der Waals surface area (Å²) in [5, 5.41) is 3.48. The summed E-state index contributed by atoms with van der Waals surface area (Å²) in [7, 11) is 2.07. The van der Waals surface area contributed by atoms with Crippen LogP contribution in [-0.2, 0) is 6.42 Å². The maximum absolute atomic E-state index is 3.48. The Morgan fingerprint density at radius 2 is 2.00 bits per heavy atom. The summed E-state index contributed by atoms with van der Waals surface area (Å²) in [6.07, 6.45) is 2.43. The van der Waals surface area contributed by atoms with Gasteiger partial charge in [-0.1, -0.05) is 54.1 Å². The van der Waals surface area contributed by atoms with Gasteiger partial charge in [0.25, 0.3) is 0 Å². The van der Waals surface area contributed by atoms with Crippen molar-refractivity contribution in [3.63, 3.8) is 0 Å². The Hall–Kier alpha value is -1.60. The van der Waals surface area contributed by atoms with Crippen molar-refractivity contribution < 1.29 is 0 Å². The average Bonchev–Trinajstić information content (AvgIpc) is 2.40. The third-order valence-electron chi connectivity index (χ3n) is 4.27. The van der Waals surface area contributed by atoms with Crippen LogP contribution in [0.15, 0.2) is 48.5 Å². The van der Waals surface area contributed by atoms with Crippen LogP contribution in [0.3, 0.4) is 0 Å². The molecule has 19 heavy (non-hydrogen) atoms. The SMILES string of the molecule is CNC(CC1Cc2ccccc21)c1cccc(C)c1. The molecule has 0 radical (unpaired) electrons. The van der Waals surface area contributed by atoms with Crippen LogP contribution < -0.4 is 5.32 Å². The van der Waals surface area contributed by atoms with E-state index in [-0.39, 0.29) is 0 Å². The van der Waals surface area contributed by atoms with E-state index in [4.69, 9.17) is 0 Å². The summed E-state index contributed by atoms with van der Waals surface area (Å²) >= 11 is 0. The number of hydrogen-bond donors (Lipinski definition) is 1. The van der Waals surface area contributed by atoms with Gasteiger partial charge in [-0.25, -0.2) is 0 Å². The molecule has 2 aromatic rings. The molecule has 0 spiro atoms. The first kappa shape index (κ1) is 12.4. The fourth-order valence-corrected chi connectivity index (χ4v) is 3.16. The van der Waals surface area contributed by atoms with Crippen LogP contribution in [0.4, 0.5) is 0 Å². The molecule has 0 fully saturated rings. The Bertz CT molecular complexity index is 573. The molecule has 1 aliphatic rings. The number of nitrogens with one attached hydrogen (secondary N) is 1. The molecular weight excluding hydrogens is 230 g/mol. The highest BCUT2D eigenvalue weighted by molar-refractivity contribution is 5.40. The van der Waals surface area contributed by atoms with E-state index in [0.29, 0.717) is 12.0 Å². The number of aryl methyl sites for hydroxylation is 1. The van der Waals surface area contributed by atoms with E-state index >= 15 is 0 Å². The van der Waals surface area contributed by atoms with Crippen LogP contribution in [0.5, 0.6) is 0 Å². The number of fused-ring (bicyclic) bond motifs is 1. The topological polar surface area (TPSA) is 12.0 Å². The van der Waals surface area contributed by atoms with E-state index in [2.05, 4.69) is 67.8 Å². The van der Waals surface area contributed by atoms with Gasteiger partial charge in [-0.15, -0.1) is 0 Å². The molecule has 2 aromatic carbocycles. The summed E-state index contributed by atoms with van der Waals surface area (Å²) in [4.78, 5) is 0. The van der Waals surface area contributed by atoms with Gasteiger partial charge in [0, 0.05) is 6.04 Å². The fraction of sp³-hybridized carbons (Fsp3) is 0.333. The second-order valence-corrected chi connectivity index (χ2v) is 5.59. The van der Waals surface area contributed by atoms with Gasteiger partial charge in [0.1, 0.15) is 0 Å². The van der Waals surface area contributed by atoms with Gasteiger partial charge in [0.05, 0.1) is 0 Å². The standard InChI is InChI=1S/C18H21N/c1-13-6-5-8-15(10-13)18(19-2)12-16-11-14-7-3-4-9-17(14)16/h3-10,16,18-19H,11-12H2,1-2H3. The molecule has 1 heteroatoms. The summed E-state index contributed by atoms with van der Waals surface area (Å²) in [6, 6.07) is 18.2. The van der Waals surface area contributed by atoms with E-state index in [9.17, 15) is 0 Å². The predicted molar refractivity (Wildman–Crippen MR) is 80.5 cm³/mol. The lowest BCUT2D eigenvalue weighted by atomic mass is 9.74. The predicted octanol–water partition coefficient (Wildman–Crippen LogP) is 3.99. The molecule has 0 bridgehead atoms. The zero-order valence-electron chi connectivity index (χ0n) is 11.7. The van der Waals surface area contributed by atoms with Crippen molar-refractivity contribution in [1.82, 2.24) is 5.32 Å². The smallest absolute Gasteiger partial charge is 0.0323 e. The Morgan fingerprint density at radius 1 is 1.16 bits per heavy atom. The third kappa shape index (κ3) is 2.43. The Balaban J connectivity index is 1.76. The maximum Gasteiger partial charge on any atom is 0.0323 e. The molecule has 0 aromatic heterocycles. The normalized spacial score (nSPS) is 18.5. The maximum atomic E-state index is 3.48. The van der Waals surface area contributed by atoms with Gasteiger partial charge in [0.15, 0.2) is 0 Å². The monoisotopic (exact) mass is 251 g/mol. The van der Waals surface area contributed by atoms with Crippen molar-refractivity contribution in [1.29, 1.82) is 0 Å². The minimum atomic E-state index is 0.457. The molecule has 2 atom stereocenters. The minimum absolute atomic E-state index is 0.457. The summed E-state index contributed by atoms with van der Waals surface area (Å²) < 4.78 is 0. The van der Waals surface area contributed by atoms with Crippen molar-refractivity contribution >= 4 is 0 Å². The second kappa shape index (κ2) is 5.18. The van der Waals surface area contributed by atoms with Crippen LogP contribution in [0.1, 0.15) is 40.6 Å². The average molecular weight is 251 g/mol. The van der Waals surface area contributed by atoms with Crippen LogP contribution in [0.25, 0.3) is 0 Å². The molecule has 1 N–H and O–H groups in total. The number of rotatable bonds is 4. The molecule has 3 rings (SSSR count). The molecule has 0 aliphatic heterocycles. The van der Waals surface area contributed by atoms with E-state index in [1.54, 1.807) is 5.56 Å². The molecule has 0 saturated carbocycles. The van der Waals surface area contributed by atoms with Gasteiger partial charge in [-0.3, -0.25) is 0 Å². The molecule has 1 nitrogen and oxygen atoms in total. The van der Waals surface area contributed by atoms with Crippen molar-refractivity contribution in [3.8, 4) is 0 Å². The molecule has 98 valence electrons. The first-order valence-electron chi connectivity index (χ1n) is 7.09. The van der Waals surface area contributed by atoms with Crippen LogP contribution in [0, 0.1) is 6.92 Å². The fourth-order valence-electron chi connectivity index (χ4n) is 3.16. The molecule has 1 aliphatic carbocycles. The van der Waals surface area contributed by atoms with Gasteiger partial charge >= 0.3 is 0 Å². The van der Waals surface area contributed by atoms with Gasteiger partial charge in [0.2, 0.25) is 0 Å². The lowest BCUT2D eigenvalue weighted by molar-refractivity contribution is 0.452. The van der Waals surface area contributed by atoms with E-state index in [1.807, 2.05) is 0 Å². The van der Waals surface area contributed by atoms with E-state index in [1.165, 1.54) is 29.5 Å². The number of hydrogen-bond acceptors (Lipinski definition) is 1. The molecule has 0 heterocycles. The lowest BCUT2D eigenvalue weighted by Crippen LogP contribution is -2.25. The highest BCUT2D eigenvalue weighted by Crippen LogP contribution is 2.40. The summed E-state index contributed by atoms with van der Waals surface area (Å²) in [5.74, 6) is 0.717. The second-order valence-electron chi connectivity index (χ2n) is 5.59. The van der Waals surface area contributed by atoms with Crippen molar-refractivity contribution in [2.75, 3.05) is 7.05 Å². The highest BCUT2D eigenvalue weighted by Gasteiger charge is 2.28. The van der Waals surface area contributed by atoms with Crippen molar-refractivity contribution in [2.45, 2.75) is 31.7 Å². The Labute approximate surface area is 115 Å². The third-order valence-corrected chi connectivity index (χ3v) is 4.27. The van der Waals surface area contributed by atoms with Gasteiger partial charge in [-0.2, -0.15) is 0 Å². The van der Waals surface area contributed by atoms with E-state index < -0.39 is 0 Å². The van der Waals surface area contributed by atoms with Gasteiger partial charge < -0.3 is 5.32 Å². The molecular formula is C18H21N. The van der Waals surface area contributed by atoms with Crippen LogP contribution in [-0.4, -0.2) is 7.05 Å². The van der Waals surface area contributed by atoms with Crippen molar-refractivity contribution in [3.05, 3.63) is 70.8 Å². The first-order chi connectivity index (χ1) is 9.28. The highest BCUT2D eigenvalue weighted by atomic mass is 14.9. The quantitative estimate of drug-likeness (QED) is 0.866. The number of benzene rings is 2. The molecule has 0 amide bonds. The van der Waals surface area contributed by atoms with Gasteiger partial charge in [-0.05, 0) is 49.4 Å². The molecule has 2 unspecified atom stereocenters. The molecule has 0 saturated heterocycles. The van der Waals surface area contributed by atoms with Crippen LogP contribution >= 0.6 is 0 Å². The first-order valence-corrected chi connectivity index (χ1v) is 7.09. The van der Waals surface area contributed by atoms with E-state index in [0.717, 1.165) is 0 Å². The van der Waals surface area contributed by atoms with Crippen molar-refractivity contribution in [2.24, 2.45) is 0 Å². The largest absolute Gasteiger partial charge is 0.313 e. The summed E-state index contributed by atoms with van der Waals surface area (Å²) in [5.41, 5.74) is 5.83. The summed E-state index contributed by atoms with van der Waals surface area (Å²) in [6.45, 7) is 2.16. The lowest BCUT2D eigenvalue weighted by Gasteiger charge is -2.33. The minimum Gasteiger partial charge on any atom is -0.313 e. The zero-order chi connectivity index (χ0) is 13.2.